The molecule has 1 saturated carbocycles. The molecule has 5 nitrogen and oxygen atoms in total. The fourth-order valence-corrected chi connectivity index (χ4v) is 4.61. The van der Waals surface area contributed by atoms with Gasteiger partial charge in [0.25, 0.3) is 0 Å². The number of halogens is 1. The number of hydrogen-bond donors (Lipinski definition) is 1. The first kappa shape index (κ1) is 17.7. The standard InChI is InChI=1S/C20H26ClN3O2/c1-14-4-2-5-16(21)17(14)22-19(26)24-11-9-20(13-24)8-3-10-23(18(20)25)12-15-6-7-15/h2,4-5,15H,3,6-13H2,1H3,(H,22,26). The Morgan fingerprint density at radius 2 is 2.12 bits per heavy atom. The van der Waals surface area contributed by atoms with Crippen LogP contribution in [0.1, 0.15) is 37.7 Å². The van der Waals surface area contributed by atoms with Gasteiger partial charge in [-0.1, -0.05) is 23.7 Å². The van der Waals surface area contributed by atoms with Crippen molar-refractivity contribution >= 4 is 29.2 Å². The number of carbonyl (C=O) groups excluding carboxylic acids is 2. The molecule has 1 aromatic carbocycles. The number of nitrogens with zero attached hydrogens (tertiary/aromatic N) is 2. The molecule has 26 heavy (non-hydrogen) atoms. The Morgan fingerprint density at radius 3 is 2.85 bits per heavy atom. The van der Waals surface area contributed by atoms with Crippen LogP contribution in [0.15, 0.2) is 18.2 Å². The predicted octanol–water partition coefficient (Wildman–Crippen LogP) is 3.90. The summed E-state index contributed by atoms with van der Waals surface area (Å²) in [5, 5.41) is 3.48. The molecule has 4 rings (SSSR count). The Labute approximate surface area is 159 Å². The summed E-state index contributed by atoms with van der Waals surface area (Å²) in [4.78, 5) is 29.7. The number of anilines is 1. The summed E-state index contributed by atoms with van der Waals surface area (Å²) in [6, 6.07) is 5.40. The van der Waals surface area contributed by atoms with E-state index in [2.05, 4.69) is 10.2 Å². The van der Waals surface area contributed by atoms with E-state index in [-0.39, 0.29) is 17.4 Å². The molecule has 1 N–H and O–H groups in total. The van der Waals surface area contributed by atoms with E-state index in [4.69, 9.17) is 11.6 Å². The number of urea groups is 1. The summed E-state index contributed by atoms with van der Waals surface area (Å²) in [5.74, 6) is 0.970. The van der Waals surface area contributed by atoms with Gasteiger partial charge in [0.05, 0.1) is 16.1 Å². The van der Waals surface area contributed by atoms with Crippen molar-refractivity contribution in [1.82, 2.24) is 9.80 Å². The number of nitrogens with one attached hydrogen (secondary N) is 1. The molecule has 0 bridgehead atoms. The molecule has 3 fully saturated rings. The van der Waals surface area contributed by atoms with Crippen molar-refractivity contribution in [3.63, 3.8) is 0 Å². The van der Waals surface area contributed by atoms with Crippen LogP contribution in [0.3, 0.4) is 0 Å². The first-order chi connectivity index (χ1) is 12.5. The van der Waals surface area contributed by atoms with Crippen LogP contribution in [0.5, 0.6) is 0 Å². The van der Waals surface area contributed by atoms with Crippen molar-refractivity contribution in [2.75, 3.05) is 31.5 Å². The molecular weight excluding hydrogens is 350 g/mol. The Kier molecular flexibility index (Phi) is 4.59. The van der Waals surface area contributed by atoms with E-state index < -0.39 is 0 Å². The monoisotopic (exact) mass is 375 g/mol. The lowest BCUT2D eigenvalue weighted by atomic mass is 9.78. The zero-order chi connectivity index (χ0) is 18.3. The van der Waals surface area contributed by atoms with Gasteiger partial charge in [-0.25, -0.2) is 4.79 Å². The van der Waals surface area contributed by atoms with Crippen molar-refractivity contribution in [1.29, 1.82) is 0 Å². The summed E-state index contributed by atoms with van der Waals surface area (Å²) in [5.41, 5.74) is 1.22. The van der Waals surface area contributed by atoms with Gasteiger partial charge in [-0.05, 0) is 56.6 Å². The normalized spacial score (nSPS) is 25.8. The largest absolute Gasteiger partial charge is 0.342 e. The number of benzene rings is 1. The topological polar surface area (TPSA) is 52.7 Å². The molecule has 140 valence electrons. The minimum Gasteiger partial charge on any atom is -0.342 e. The number of carbonyl (C=O) groups is 2. The second-order valence-electron chi connectivity index (χ2n) is 8.11. The molecule has 3 amide bonds. The van der Waals surface area contributed by atoms with Crippen LogP contribution in [0.25, 0.3) is 0 Å². The van der Waals surface area contributed by atoms with Crippen molar-refractivity contribution in [2.24, 2.45) is 11.3 Å². The van der Waals surface area contributed by atoms with Gasteiger partial charge in [-0.3, -0.25) is 4.79 Å². The maximum atomic E-state index is 13.1. The number of hydrogen-bond acceptors (Lipinski definition) is 2. The van der Waals surface area contributed by atoms with Crippen LogP contribution in [0, 0.1) is 18.3 Å². The van der Waals surface area contributed by atoms with E-state index in [0.717, 1.165) is 37.9 Å². The third kappa shape index (κ3) is 3.29. The van der Waals surface area contributed by atoms with Crippen LogP contribution in [-0.4, -0.2) is 47.9 Å². The predicted molar refractivity (Wildman–Crippen MR) is 102 cm³/mol. The highest BCUT2D eigenvalue weighted by molar-refractivity contribution is 6.33. The van der Waals surface area contributed by atoms with Crippen molar-refractivity contribution in [3.05, 3.63) is 28.8 Å². The van der Waals surface area contributed by atoms with Gasteiger partial charge in [0, 0.05) is 26.2 Å². The van der Waals surface area contributed by atoms with Crippen molar-refractivity contribution in [3.8, 4) is 0 Å². The minimum absolute atomic E-state index is 0.162. The number of aryl methyl sites for hydroxylation is 1. The quantitative estimate of drug-likeness (QED) is 0.870. The third-order valence-corrected chi connectivity index (χ3v) is 6.41. The molecule has 1 aromatic rings. The molecule has 1 atom stereocenters. The molecule has 0 radical (unpaired) electrons. The Morgan fingerprint density at radius 1 is 1.31 bits per heavy atom. The second kappa shape index (κ2) is 6.76. The summed E-state index contributed by atoms with van der Waals surface area (Å²) in [6.45, 7) is 4.85. The van der Waals surface area contributed by atoms with E-state index in [1.54, 1.807) is 11.0 Å². The Hall–Kier alpha value is -1.75. The summed E-state index contributed by atoms with van der Waals surface area (Å²) in [7, 11) is 0. The van der Waals surface area contributed by atoms with E-state index in [1.807, 2.05) is 19.1 Å². The van der Waals surface area contributed by atoms with Crippen LogP contribution in [0.2, 0.25) is 5.02 Å². The van der Waals surface area contributed by atoms with Gasteiger partial charge >= 0.3 is 6.03 Å². The first-order valence-corrected chi connectivity index (χ1v) is 9.97. The molecule has 3 aliphatic rings. The zero-order valence-corrected chi connectivity index (χ0v) is 16.0. The Bertz CT molecular complexity index is 714. The number of piperidine rings is 1. The van der Waals surface area contributed by atoms with Gasteiger partial charge < -0.3 is 15.1 Å². The average Bonchev–Trinajstić information content (AvgIpc) is 3.33. The van der Waals surface area contributed by atoms with E-state index in [1.165, 1.54) is 12.8 Å². The zero-order valence-electron chi connectivity index (χ0n) is 15.3. The maximum absolute atomic E-state index is 13.1. The lowest BCUT2D eigenvalue weighted by molar-refractivity contribution is -0.145. The summed E-state index contributed by atoms with van der Waals surface area (Å²) >= 11 is 6.23. The van der Waals surface area contributed by atoms with Crippen LogP contribution in [0.4, 0.5) is 10.5 Å². The highest BCUT2D eigenvalue weighted by atomic mass is 35.5. The van der Waals surface area contributed by atoms with Crippen molar-refractivity contribution in [2.45, 2.75) is 39.0 Å². The Balaban J connectivity index is 1.44. The maximum Gasteiger partial charge on any atom is 0.321 e. The molecule has 2 saturated heterocycles. The molecule has 1 aliphatic carbocycles. The van der Waals surface area contributed by atoms with Gasteiger partial charge in [-0.15, -0.1) is 0 Å². The van der Waals surface area contributed by atoms with Gasteiger partial charge in [-0.2, -0.15) is 0 Å². The highest BCUT2D eigenvalue weighted by Crippen LogP contribution is 2.42. The van der Waals surface area contributed by atoms with Gasteiger partial charge in [0.2, 0.25) is 5.91 Å². The lowest BCUT2D eigenvalue weighted by Crippen LogP contribution is -2.51. The molecule has 1 spiro atoms. The number of para-hydroxylation sites is 1. The number of likely N-dealkylation sites (tertiary alicyclic amines) is 2. The fourth-order valence-electron chi connectivity index (χ4n) is 4.34. The van der Waals surface area contributed by atoms with Crippen molar-refractivity contribution < 1.29 is 9.59 Å². The minimum atomic E-state index is -0.375. The SMILES string of the molecule is Cc1cccc(Cl)c1NC(=O)N1CCC2(CCCN(CC3CC3)C2=O)C1. The van der Waals surface area contributed by atoms with E-state index >= 15 is 0 Å². The smallest absolute Gasteiger partial charge is 0.321 e. The second-order valence-corrected chi connectivity index (χ2v) is 8.52. The first-order valence-electron chi connectivity index (χ1n) is 9.59. The molecule has 2 heterocycles. The average molecular weight is 376 g/mol. The van der Waals surface area contributed by atoms with Gasteiger partial charge in [0.15, 0.2) is 0 Å². The summed E-state index contributed by atoms with van der Waals surface area (Å²) < 4.78 is 0. The molecule has 1 unspecified atom stereocenters. The van der Waals surface area contributed by atoms with Crippen LogP contribution >= 0.6 is 11.6 Å². The lowest BCUT2D eigenvalue weighted by Gasteiger charge is -2.39. The van der Waals surface area contributed by atoms with Crippen LogP contribution < -0.4 is 5.32 Å². The molecule has 6 heteroatoms. The van der Waals surface area contributed by atoms with E-state index in [0.29, 0.717) is 29.7 Å². The number of amides is 3. The van der Waals surface area contributed by atoms with Gasteiger partial charge in [0.1, 0.15) is 0 Å². The third-order valence-electron chi connectivity index (χ3n) is 6.09. The number of rotatable bonds is 3. The van der Waals surface area contributed by atoms with E-state index in [9.17, 15) is 9.59 Å². The molecule has 0 aromatic heterocycles. The summed E-state index contributed by atoms with van der Waals surface area (Å²) in [6.07, 6.45) is 5.20. The fraction of sp³-hybridized carbons (Fsp3) is 0.600. The van der Waals surface area contributed by atoms with Crippen LogP contribution in [-0.2, 0) is 4.79 Å². The highest BCUT2D eigenvalue weighted by Gasteiger charge is 2.50. The molecular formula is C20H26ClN3O2. The molecule has 2 aliphatic heterocycles.